The molecule has 25 heavy (non-hydrogen) atoms. The monoisotopic (exact) mass is 425 g/mol. The van der Waals surface area contributed by atoms with E-state index in [0.29, 0.717) is 16.8 Å². The van der Waals surface area contributed by atoms with Crippen molar-refractivity contribution in [1.82, 2.24) is 14.8 Å². The van der Waals surface area contributed by atoms with Crippen LogP contribution >= 0.6 is 11.8 Å². The summed E-state index contributed by atoms with van der Waals surface area (Å²) < 4.78 is 23.4. The van der Waals surface area contributed by atoms with Crippen LogP contribution < -0.4 is 10.8 Å². The van der Waals surface area contributed by atoms with Crippen LogP contribution in [0.25, 0.3) is 11.2 Å². The molecule has 1 saturated carbocycles. The predicted molar refractivity (Wildman–Crippen MR) is 94.5 cm³/mol. The molecular weight excluding hydrogens is 407 g/mol. The fraction of sp³-hybridized carbons (Fsp3) is 0.333. The van der Waals surface area contributed by atoms with E-state index < -0.39 is 10.0 Å². The number of thioether (sulfide) groups is 1. The number of benzene rings is 1. The third kappa shape index (κ3) is 5.85. The van der Waals surface area contributed by atoms with Crippen LogP contribution in [0.1, 0.15) is 31.6 Å². The van der Waals surface area contributed by atoms with E-state index in [1.165, 1.54) is 17.8 Å². The van der Waals surface area contributed by atoms with Crippen molar-refractivity contribution >= 4 is 27.9 Å². The van der Waals surface area contributed by atoms with Crippen LogP contribution in [-0.4, -0.2) is 24.3 Å². The molecule has 1 aromatic heterocycles. The smallest absolute Gasteiger partial charge is 0.560 e. The number of nitrogens with one attached hydrogen (secondary N) is 1. The van der Waals surface area contributed by atoms with Gasteiger partial charge < -0.3 is 14.8 Å². The molecule has 0 amide bonds. The third-order valence-corrected chi connectivity index (χ3v) is 5.14. The zero-order chi connectivity index (χ0) is 17.7. The van der Waals surface area contributed by atoms with Crippen LogP contribution in [0.4, 0.5) is 0 Å². The Labute approximate surface area is 161 Å². The minimum Gasteiger partial charge on any atom is -0.560 e. The number of nitrogens with zero attached hydrogens (tertiary/aromatic N) is 3. The van der Waals surface area contributed by atoms with Crippen LogP contribution in [0.3, 0.4) is 0 Å². The normalized spacial score (nSPS) is 13.9. The maximum Gasteiger partial charge on any atom is 2.00 e. The van der Waals surface area contributed by atoms with E-state index in [-0.39, 0.29) is 27.4 Å². The van der Waals surface area contributed by atoms with Crippen LogP contribution in [0.2, 0.25) is 0 Å². The summed E-state index contributed by atoms with van der Waals surface area (Å²) in [6.45, 7) is 1.90. The predicted octanol–water partition coefficient (Wildman–Crippen LogP) is 2.72. The van der Waals surface area contributed by atoms with Gasteiger partial charge in [-0.2, -0.15) is 0 Å². The molecule has 1 aliphatic rings. The summed E-state index contributed by atoms with van der Waals surface area (Å²) in [6, 6.07) is 6.85. The van der Waals surface area contributed by atoms with Gasteiger partial charge in [-0.15, -0.1) is 11.8 Å². The molecular formula is C15H18CoN4O3S2. The van der Waals surface area contributed by atoms with Gasteiger partial charge in [0.2, 0.25) is 0 Å². The van der Waals surface area contributed by atoms with E-state index in [0.717, 1.165) is 12.8 Å². The third-order valence-electron chi connectivity index (χ3n) is 3.28. The second-order valence-electron chi connectivity index (χ2n) is 5.10. The van der Waals surface area contributed by atoms with E-state index in [1.807, 2.05) is 19.1 Å². The van der Waals surface area contributed by atoms with Crippen LogP contribution in [-0.2, 0) is 26.8 Å². The zero-order valence-electron chi connectivity index (χ0n) is 13.7. The number of allylic oxidation sites excluding steroid dienone is 1. The Morgan fingerprint density at radius 1 is 1.36 bits per heavy atom. The molecule has 0 spiro atoms. The topological polar surface area (TPSA) is 107 Å². The summed E-state index contributed by atoms with van der Waals surface area (Å²) >= 11 is 1.32. The van der Waals surface area contributed by atoms with Gasteiger partial charge >= 0.3 is 16.8 Å². The van der Waals surface area contributed by atoms with Gasteiger partial charge in [0.15, 0.2) is 5.69 Å². The van der Waals surface area contributed by atoms with Gasteiger partial charge in [0.05, 0.1) is 20.7 Å². The Morgan fingerprint density at radius 2 is 2.00 bits per heavy atom. The van der Waals surface area contributed by atoms with Crippen molar-refractivity contribution in [2.75, 3.05) is 6.26 Å². The Balaban J connectivity index is 0.000000240. The van der Waals surface area contributed by atoms with Crippen LogP contribution in [0.15, 0.2) is 44.9 Å². The van der Waals surface area contributed by atoms with E-state index in [1.54, 1.807) is 29.0 Å². The molecule has 1 fully saturated rings. The second kappa shape index (κ2) is 9.39. The van der Waals surface area contributed by atoms with Crippen LogP contribution in [0.5, 0.6) is 0 Å². The van der Waals surface area contributed by atoms with Crippen molar-refractivity contribution in [1.29, 1.82) is 0 Å². The maximum absolute atomic E-state index is 11.2. The van der Waals surface area contributed by atoms with Gasteiger partial charge in [-0.25, -0.2) is 8.42 Å². The maximum atomic E-state index is 11.2. The molecule has 10 heteroatoms. The van der Waals surface area contributed by atoms with Gasteiger partial charge in [-0.1, -0.05) is 31.1 Å². The molecule has 1 heterocycles. The molecule has 0 atom stereocenters. The molecule has 0 aliphatic heterocycles. The van der Waals surface area contributed by atoms with Crippen molar-refractivity contribution in [3.8, 4) is 0 Å². The molecule has 0 saturated heterocycles. The SMILES string of the molecule is C/C=C\c1n[n-]c(=O)n1C1CC1.CSc1ccccc1S([NH-])(=O)=O.[Co+2]. The molecule has 3 rings (SSSR count). The molecule has 1 radical (unpaired) electrons. The first-order valence-electron chi connectivity index (χ1n) is 7.25. The first-order valence-corrected chi connectivity index (χ1v) is 9.96. The Bertz CT molecular complexity index is 886. The molecule has 7 nitrogen and oxygen atoms in total. The molecule has 0 unspecified atom stereocenters. The largest absolute Gasteiger partial charge is 2.00 e. The van der Waals surface area contributed by atoms with Crippen molar-refractivity contribution < 1.29 is 25.2 Å². The first kappa shape index (κ1) is 21.7. The van der Waals surface area contributed by atoms with Gasteiger partial charge in [-0.3, -0.25) is 9.89 Å². The Kier molecular flexibility index (Phi) is 8.15. The van der Waals surface area contributed by atoms with E-state index in [4.69, 9.17) is 5.14 Å². The summed E-state index contributed by atoms with van der Waals surface area (Å²) in [4.78, 5) is 11.9. The number of aromatic nitrogens is 3. The van der Waals surface area contributed by atoms with Crippen molar-refractivity contribution in [3.05, 3.63) is 51.8 Å². The van der Waals surface area contributed by atoms with Gasteiger partial charge in [0, 0.05) is 4.90 Å². The van der Waals surface area contributed by atoms with Gasteiger partial charge in [0.25, 0.3) is 0 Å². The van der Waals surface area contributed by atoms with Crippen molar-refractivity contribution in [2.24, 2.45) is 0 Å². The van der Waals surface area contributed by atoms with Gasteiger partial charge in [0.1, 0.15) is 0 Å². The minimum absolute atomic E-state index is 0. The first-order chi connectivity index (χ1) is 11.4. The quantitative estimate of drug-likeness (QED) is 0.697. The molecule has 1 N–H and O–H groups in total. The molecule has 137 valence electrons. The second-order valence-corrected chi connectivity index (χ2v) is 7.39. The molecule has 1 aromatic carbocycles. The fourth-order valence-electron chi connectivity index (χ4n) is 2.07. The van der Waals surface area contributed by atoms with Crippen LogP contribution in [0, 0.1) is 0 Å². The van der Waals surface area contributed by atoms with Crippen molar-refractivity contribution in [3.63, 3.8) is 0 Å². The fourth-order valence-corrected chi connectivity index (χ4v) is 3.72. The summed E-state index contributed by atoms with van der Waals surface area (Å²) in [5.41, 5.74) is -0.217. The Morgan fingerprint density at radius 3 is 2.48 bits per heavy atom. The number of hydrogen-bond acceptors (Lipinski definition) is 5. The van der Waals surface area contributed by atoms with Crippen molar-refractivity contribution in [2.45, 2.75) is 35.6 Å². The minimum atomic E-state index is -3.82. The van der Waals surface area contributed by atoms with E-state index >= 15 is 0 Å². The molecule has 2 aromatic rings. The average Bonchev–Trinajstić information content (AvgIpc) is 3.31. The summed E-state index contributed by atoms with van der Waals surface area (Å²) in [6.07, 6.45) is 7.62. The number of sulfonamides is 1. The molecule has 0 bridgehead atoms. The standard InChI is InChI=1S/C8H11N3O.C7H8NO2S2.Co/c1-2-3-7-9-10-8(12)11(7)6-4-5-6;1-11-6-4-2-3-5-7(6)12(8,9)10;/h2-3,6H,4-5H2,1H3,(H,10,12);2-5H,1H3,(H-,8,9,10);/q;-1;+2/p-1/b3-2-;;. The van der Waals surface area contributed by atoms with E-state index in [9.17, 15) is 13.2 Å². The number of hydrogen-bond donors (Lipinski definition) is 0. The van der Waals surface area contributed by atoms with Gasteiger partial charge in [-0.05, 0) is 37.4 Å². The summed E-state index contributed by atoms with van der Waals surface area (Å²) in [7, 11) is -3.82. The summed E-state index contributed by atoms with van der Waals surface area (Å²) in [5, 5.41) is 14.2. The molecule has 1 aliphatic carbocycles. The zero-order valence-corrected chi connectivity index (χ0v) is 16.3. The van der Waals surface area contributed by atoms with E-state index in [2.05, 4.69) is 10.2 Å². The number of rotatable bonds is 4. The summed E-state index contributed by atoms with van der Waals surface area (Å²) in [5.74, 6) is 0.685. The Hall–Kier alpha value is -1.33. The average molecular weight is 425 g/mol.